The largest absolute Gasteiger partial charge is 0.348 e. The number of benzene rings is 2. The Morgan fingerprint density at radius 2 is 1.70 bits per heavy atom. The number of rotatable bonds is 7. The summed E-state index contributed by atoms with van der Waals surface area (Å²) >= 11 is 0. The van der Waals surface area contributed by atoms with Crippen LogP contribution in [0.4, 0.5) is 0 Å². The number of aryl methyl sites for hydroxylation is 2. The fourth-order valence-corrected chi connectivity index (χ4v) is 4.10. The first-order valence-electron chi connectivity index (χ1n) is 9.37. The molecule has 0 unspecified atom stereocenters. The summed E-state index contributed by atoms with van der Waals surface area (Å²) in [6.45, 7) is 3.78. The van der Waals surface area contributed by atoms with Crippen molar-refractivity contribution in [2.24, 2.45) is 0 Å². The molecule has 1 amide bonds. The van der Waals surface area contributed by atoms with Crippen molar-refractivity contribution in [1.82, 2.24) is 15.0 Å². The molecule has 0 aliphatic rings. The lowest BCUT2D eigenvalue weighted by Gasteiger charge is -2.10. The van der Waals surface area contributed by atoms with E-state index < -0.39 is 15.9 Å². The monoisotopic (exact) mass is 425 g/mol. The zero-order valence-corrected chi connectivity index (χ0v) is 17.5. The Kier molecular flexibility index (Phi) is 6.49. The van der Waals surface area contributed by atoms with Crippen LogP contribution in [0.2, 0.25) is 0 Å². The van der Waals surface area contributed by atoms with Crippen molar-refractivity contribution in [2.75, 3.05) is 0 Å². The Bertz CT molecular complexity index is 1220. The molecule has 0 radical (unpaired) electrons. The van der Waals surface area contributed by atoms with Crippen molar-refractivity contribution >= 4 is 15.9 Å². The number of carbonyl (C=O) groups is 1. The molecule has 3 aromatic rings. The van der Waals surface area contributed by atoms with Gasteiger partial charge in [0, 0.05) is 29.9 Å². The molecule has 0 fully saturated rings. The summed E-state index contributed by atoms with van der Waals surface area (Å²) < 4.78 is 27.7. The van der Waals surface area contributed by atoms with Gasteiger partial charge in [0.15, 0.2) is 0 Å². The predicted octanol–water partition coefficient (Wildman–Crippen LogP) is 2.40. The molecule has 7 nitrogen and oxygen atoms in total. The number of H-pyrrole nitrogens is 1. The van der Waals surface area contributed by atoms with Crippen LogP contribution in [0.15, 0.2) is 70.4 Å². The van der Waals surface area contributed by atoms with Crippen LogP contribution in [0.5, 0.6) is 0 Å². The summed E-state index contributed by atoms with van der Waals surface area (Å²) in [6.07, 6.45) is 0. The minimum atomic E-state index is -3.78. The smallest absolute Gasteiger partial charge is 0.253 e. The van der Waals surface area contributed by atoms with E-state index in [1.165, 1.54) is 24.3 Å². The highest BCUT2D eigenvalue weighted by molar-refractivity contribution is 7.89. The van der Waals surface area contributed by atoms with E-state index in [9.17, 15) is 18.0 Å². The van der Waals surface area contributed by atoms with Crippen LogP contribution in [0, 0.1) is 13.8 Å². The van der Waals surface area contributed by atoms with Crippen molar-refractivity contribution in [1.29, 1.82) is 0 Å². The maximum atomic E-state index is 12.6. The average Bonchev–Trinajstić information content (AvgIpc) is 2.72. The zero-order chi connectivity index (χ0) is 21.7. The Hall–Kier alpha value is -3.23. The van der Waals surface area contributed by atoms with E-state index in [-0.39, 0.29) is 29.1 Å². The maximum absolute atomic E-state index is 12.6. The first kappa shape index (κ1) is 21.5. The molecule has 0 aliphatic carbocycles. The summed E-state index contributed by atoms with van der Waals surface area (Å²) in [5.41, 5.74) is 2.75. The molecule has 3 N–H and O–H groups in total. The molecule has 0 saturated heterocycles. The van der Waals surface area contributed by atoms with Gasteiger partial charge in [-0.1, -0.05) is 36.4 Å². The Morgan fingerprint density at radius 1 is 0.967 bits per heavy atom. The number of pyridine rings is 1. The van der Waals surface area contributed by atoms with E-state index in [1.807, 2.05) is 36.4 Å². The second-order valence-corrected chi connectivity index (χ2v) is 8.73. The Morgan fingerprint density at radius 3 is 2.40 bits per heavy atom. The number of sulfonamides is 1. The highest BCUT2D eigenvalue weighted by Gasteiger charge is 2.16. The molecule has 0 saturated carbocycles. The fraction of sp³-hybridized carbons (Fsp3) is 0.182. The van der Waals surface area contributed by atoms with Gasteiger partial charge < -0.3 is 10.3 Å². The van der Waals surface area contributed by atoms with Gasteiger partial charge in [0.05, 0.1) is 4.90 Å². The Balaban J connectivity index is 1.71. The molecule has 3 rings (SSSR count). The molecule has 30 heavy (non-hydrogen) atoms. The third-order valence-corrected chi connectivity index (χ3v) is 6.03. The van der Waals surface area contributed by atoms with Crippen LogP contribution in [0.25, 0.3) is 0 Å². The molecule has 1 aromatic heterocycles. The molecule has 2 aromatic carbocycles. The second-order valence-electron chi connectivity index (χ2n) is 6.96. The average molecular weight is 426 g/mol. The summed E-state index contributed by atoms with van der Waals surface area (Å²) in [5.74, 6) is -0.463. The third kappa shape index (κ3) is 5.22. The summed E-state index contributed by atoms with van der Waals surface area (Å²) in [7, 11) is -3.78. The van der Waals surface area contributed by atoms with E-state index in [1.54, 1.807) is 13.8 Å². The number of amides is 1. The van der Waals surface area contributed by atoms with Gasteiger partial charge in [-0.15, -0.1) is 0 Å². The number of nitrogens with one attached hydrogen (secondary N) is 3. The molecule has 0 aliphatic heterocycles. The molecule has 0 spiro atoms. The Labute approximate surface area is 175 Å². The maximum Gasteiger partial charge on any atom is 0.253 e. The number of hydrogen-bond acceptors (Lipinski definition) is 4. The highest BCUT2D eigenvalue weighted by atomic mass is 32.2. The predicted molar refractivity (Wildman–Crippen MR) is 115 cm³/mol. The summed E-state index contributed by atoms with van der Waals surface area (Å²) in [6, 6.07) is 16.8. The zero-order valence-electron chi connectivity index (χ0n) is 16.7. The molecule has 156 valence electrons. The molecular formula is C22H23N3O4S. The van der Waals surface area contributed by atoms with Crippen molar-refractivity contribution in [2.45, 2.75) is 31.8 Å². The lowest BCUT2D eigenvalue weighted by Crippen LogP contribution is -2.28. The van der Waals surface area contributed by atoms with Crippen LogP contribution in [0.3, 0.4) is 0 Å². The summed E-state index contributed by atoms with van der Waals surface area (Å²) in [5, 5.41) is 2.68. The van der Waals surface area contributed by atoms with Crippen LogP contribution < -0.4 is 15.6 Å². The number of aromatic nitrogens is 1. The van der Waals surface area contributed by atoms with E-state index in [2.05, 4.69) is 15.0 Å². The van der Waals surface area contributed by atoms with E-state index in [0.29, 0.717) is 5.56 Å². The molecule has 0 atom stereocenters. The third-order valence-electron chi connectivity index (χ3n) is 4.64. The number of aromatic amines is 1. The van der Waals surface area contributed by atoms with Gasteiger partial charge in [0.25, 0.3) is 11.5 Å². The SMILES string of the molecule is Cc1cc(C)c(CNC(=O)c2cccc(S(=O)(=O)NCc3ccccc3)c2)c(=O)[nH]1. The molecule has 8 heteroatoms. The van der Waals surface area contributed by atoms with Gasteiger partial charge in [0.2, 0.25) is 10.0 Å². The number of carbonyl (C=O) groups excluding carboxylic acids is 1. The highest BCUT2D eigenvalue weighted by Crippen LogP contribution is 2.13. The lowest BCUT2D eigenvalue weighted by molar-refractivity contribution is 0.0950. The molecule has 0 bridgehead atoms. The first-order chi connectivity index (χ1) is 14.3. The van der Waals surface area contributed by atoms with Gasteiger partial charge in [-0.05, 0) is 49.2 Å². The van der Waals surface area contributed by atoms with E-state index in [4.69, 9.17) is 0 Å². The van der Waals surface area contributed by atoms with Crippen molar-refractivity contribution < 1.29 is 13.2 Å². The standard InChI is InChI=1S/C22H23N3O4S/c1-15-11-16(2)25-22(27)20(15)14-23-21(26)18-9-6-10-19(12-18)30(28,29)24-13-17-7-4-3-5-8-17/h3-12,24H,13-14H2,1-2H3,(H,23,26)(H,25,27). The van der Waals surface area contributed by atoms with E-state index in [0.717, 1.165) is 16.8 Å². The quantitative estimate of drug-likeness (QED) is 0.540. The van der Waals surface area contributed by atoms with Crippen LogP contribution in [0.1, 0.15) is 32.7 Å². The van der Waals surface area contributed by atoms with Crippen LogP contribution in [-0.4, -0.2) is 19.3 Å². The van der Waals surface area contributed by atoms with Crippen molar-refractivity contribution in [3.05, 3.63) is 99.0 Å². The van der Waals surface area contributed by atoms with Crippen LogP contribution >= 0.6 is 0 Å². The minimum absolute atomic E-state index is 0.00422. The first-order valence-corrected chi connectivity index (χ1v) is 10.9. The van der Waals surface area contributed by atoms with Gasteiger partial charge in [-0.2, -0.15) is 0 Å². The van der Waals surface area contributed by atoms with Gasteiger partial charge in [0.1, 0.15) is 0 Å². The molecule has 1 heterocycles. The van der Waals surface area contributed by atoms with Gasteiger partial charge in [-0.25, -0.2) is 13.1 Å². The van der Waals surface area contributed by atoms with Gasteiger partial charge >= 0.3 is 0 Å². The summed E-state index contributed by atoms with van der Waals surface area (Å²) in [4.78, 5) is 27.3. The second kappa shape index (κ2) is 9.06. The normalized spacial score (nSPS) is 11.3. The van der Waals surface area contributed by atoms with Crippen molar-refractivity contribution in [3.63, 3.8) is 0 Å². The molecular weight excluding hydrogens is 402 g/mol. The minimum Gasteiger partial charge on any atom is -0.348 e. The lowest BCUT2D eigenvalue weighted by atomic mass is 10.1. The van der Waals surface area contributed by atoms with E-state index >= 15 is 0 Å². The van der Waals surface area contributed by atoms with Gasteiger partial charge in [-0.3, -0.25) is 9.59 Å². The van der Waals surface area contributed by atoms with Crippen LogP contribution in [-0.2, 0) is 23.1 Å². The number of hydrogen-bond donors (Lipinski definition) is 3. The fourth-order valence-electron chi connectivity index (χ4n) is 3.03. The topological polar surface area (TPSA) is 108 Å². The van der Waals surface area contributed by atoms with Crippen molar-refractivity contribution in [3.8, 4) is 0 Å².